The summed E-state index contributed by atoms with van der Waals surface area (Å²) in [5.41, 5.74) is 0.663. The molecule has 2 aromatic rings. The number of rotatable bonds is 6. The number of likely N-dealkylation sites (tertiary alicyclic amines) is 1. The van der Waals surface area contributed by atoms with Crippen LogP contribution in [-0.4, -0.2) is 66.6 Å². The summed E-state index contributed by atoms with van der Waals surface area (Å²) in [5.74, 6) is 1.19. The van der Waals surface area contributed by atoms with Crippen molar-refractivity contribution < 1.29 is 5.11 Å². The van der Waals surface area contributed by atoms with Gasteiger partial charge in [-0.05, 0) is 25.9 Å². The number of hydrogen-bond donors (Lipinski definition) is 2. The highest BCUT2D eigenvalue weighted by atomic mass is 32.2. The van der Waals surface area contributed by atoms with Crippen molar-refractivity contribution in [2.75, 3.05) is 25.4 Å². The van der Waals surface area contributed by atoms with Gasteiger partial charge in [-0.2, -0.15) is 4.98 Å². The Hall–Kier alpha value is -1.51. The van der Waals surface area contributed by atoms with E-state index in [2.05, 4.69) is 30.0 Å². The summed E-state index contributed by atoms with van der Waals surface area (Å²) >= 11 is 1.45. The molecule has 8 heteroatoms. The van der Waals surface area contributed by atoms with Crippen LogP contribution in [0.25, 0.3) is 11.5 Å². The van der Waals surface area contributed by atoms with Crippen LogP contribution in [0.1, 0.15) is 19.3 Å². The van der Waals surface area contributed by atoms with Gasteiger partial charge in [0.15, 0.2) is 5.82 Å². The topological polar surface area (TPSA) is 90.8 Å². The second-order valence-corrected chi connectivity index (χ2v) is 6.37. The van der Waals surface area contributed by atoms with E-state index in [1.807, 2.05) is 0 Å². The van der Waals surface area contributed by atoms with Crippen molar-refractivity contribution in [3.05, 3.63) is 18.6 Å². The Balaban J connectivity index is 1.48. The Morgan fingerprint density at radius 1 is 1.27 bits per heavy atom. The molecule has 7 nitrogen and oxygen atoms in total. The molecule has 1 unspecified atom stereocenters. The normalized spacial score (nSPS) is 17.5. The second kappa shape index (κ2) is 7.66. The predicted octanol–water partition coefficient (Wildman–Crippen LogP) is 1.20. The maximum Gasteiger partial charge on any atom is 0.208 e. The number of aromatic nitrogens is 5. The van der Waals surface area contributed by atoms with E-state index < -0.39 is 0 Å². The van der Waals surface area contributed by atoms with Crippen molar-refractivity contribution >= 4 is 11.8 Å². The first-order valence-electron chi connectivity index (χ1n) is 7.53. The Morgan fingerprint density at radius 2 is 2.14 bits per heavy atom. The molecule has 22 heavy (non-hydrogen) atoms. The van der Waals surface area contributed by atoms with Gasteiger partial charge in [-0.25, -0.2) is 4.98 Å². The van der Waals surface area contributed by atoms with Crippen LogP contribution in [0.5, 0.6) is 0 Å². The van der Waals surface area contributed by atoms with Gasteiger partial charge in [0.1, 0.15) is 5.69 Å². The third-order valence-electron chi connectivity index (χ3n) is 3.59. The molecule has 1 aliphatic rings. The third-order valence-corrected chi connectivity index (χ3v) is 4.59. The molecule has 3 rings (SSSR count). The molecule has 1 saturated heterocycles. The number of aliphatic hydroxyl groups is 1. The van der Waals surface area contributed by atoms with Crippen molar-refractivity contribution in [1.29, 1.82) is 0 Å². The predicted molar refractivity (Wildman–Crippen MR) is 84.4 cm³/mol. The zero-order valence-corrected chi connectivity index (χ0v) is 13.2. The quantitative estimate of drug-likeness (QED) is 0.773. The highest BCUT2D eigenvalue weighted by Crippen LogP contribution is 2.18. The smallest absolute Gasteiger partial charge is 0.208 e. The zero-order valence-electron chi connectivity index (χ0n) is 12.4. The van der Waals surface area contributed by atoms with Gasteiger partial charge in [0, 0.05) is 24.7 Å². The van der Waals surface area contributed by atoms with E-state index in [4.69, 9.17) is 0 Å². The van der Waals surface area contributed by atoms with Crippen LogP contribution < -0.4 is 0 Å². The molecule has 0 aliphatic carbocycles. The minimum atomic E-state index is -0.360. The molecule has 0 amide bonds. The summed E-state index contributed by atoms with van der Waals surface area (Å²) in [5, 5.41) is 17.8. The number of thioether (sulfide) groups is 1. The first-order valence-corrected chi connectivity index (χ1v) is 8.52. The van der Waals surface area contributed by atoms with Crippen LogP contribution in [0.2, 0.25) is 0 Å². The lowest BCUT2D eigenvalue weighted by Gasteiger charge is -2.28. The number of aromatic amines is 1. The lowest BCUT2D eigenvalue weighted by Crippen LogP contribution is -2.37. The van der Waals surface area contributed by atoms with Gasteiger partial charge in [-0.15, -0.1) is 5.10 Å². The van der Waals surface area contributed by atoms with Gasteiger partial charge >= 0.3 is 0 Å². The van der Waals surface area contributed by atoms with Gasteiger partial charge in [-0.1, -0.05) is 18.2 Å². The van der Waals surface area contributed by atoms with E-state index in [0.29, 0.717) is 22.4 Å². The Kier molecular flexibility index (Phi) is 5.36. The van der Waals surface area contributed by atoms with Crippen LogP contribution in [-0.2, 0) is 0 Å². The van der Waals surface area contributed by atoms with Crippen molar-refractivity contribution in [2.45, 2.75) is 30.5 Å². The SMILES string of the molecule is OC(CSc1n[nH]c(-c2cnccn2)n1)CN1CCCCC1. The largest absolute Gasteiger partial charge is 0.391 e. The van der Waals surface area contributed by atoms with E-state index in [9.17, 15) is 5.11 Å². The van der Waals surface area contributed by atoms with Gasteiger partial charge in [0.05, 0.1) is 12.3 Å². The molecular weight excluding hydrogens is 300 g/mol. The first kappa shape index (κ1) is 15.4. The van der Waals surface area contributed by atoms with Crippen molar-refractivity contribution in [3.63, 3.8) is 0 Å². The zero-order chi connectivity index (χ0) is 15.2. The summed E-state index contributed by atoms with van der Waals surface area (Å²) in [7, 11) is 0. The maximum atomic E-state index is 10.1. The van der Waals surface area contributed by atoms with Crippen LogP contribution in [0.4, 0.5) is 0 Å². The maximum absolute atomic E-state index is 10.1. The van der Waals surface area contributed by atoms with Gasteiger partial charge in [0.25, 0.3) is 0 Å². The van der Waals surface area contributed by atoms with Crippen molar-refractivity contribution in [2.24, 2.45) is 0 Å². The molecule has 0 aromatic carbocycles. The Morgan fingerprint density at radius 3 is 2.91 bits per heavy atom. The summed E-state index contributed by atoms with van der Waals surface area (Å²) in [4.78, 5) is 14.9. The highest BCUT2D eigenvalue weighted by molar-refractivity contribution is 7.99. The first-order chi connectivity index (χ1) is 10.8. The third kappa shape index (κ3) is 4.25. The van der Waals surface area contributed by atoms with Crippen molar-refractivity contribution in [1.82, 2.24) is 30.0 Å². The number of piperidine rings is 1. The molecular formula is C14H20N6OS. The number of aliphatic hydroxyl groups excluding tert-OH is 1. The number of nitrogens with one attached hydrogen (secondary N) is 1. The van der Waals surface area contributed by atoms with Crippen LogP contribution in [0.3, 0.4) is 0 Å². The molecule has 1 aliphatic heterocycles. The fourth-order valence-electron chi connectivity index (χ4n) is 2.51. The minimum absolute atomic E-state index is 0.360. The van der Waals surface area contributed by atoms with E-state index in [1.165, 1.54) is 31.0 Å². The second-order valence-electron chi connectivity index (χ2n) is 5.38. The van der Waals surface area contributed by atoms with E-state index >= 15 is 0 Å². The minimum Gasteiger partial charge on any atom is -0.391 e. The van der Waals surface area contributed by atoms with E-state index in [1.54, 1.807) is 18.6 Å². The van der Waals surface area contributed by atoms with E-state index in [-0.39, 0.29) is 6.10 Å². The molecule has 1 atom stereocenters. The monoisotopic (exact) mass is 320 g/mol. The molecule has 0 radical (unpaired) electrons. The molecule has 1 fully saturated rings. The molecule has 0 saturated carbocycles. The average molecular weight is 320 g/mol. The summed E-state index contributed by atoms with van der Waals surface area (Å²) in [6.07, 6.45) is 8.30. The fourth-order valence-corrected chi connectivity index (χ4v) is 3.22. The van der Waals surface area contributed by atoms with Crippen LogP contribution in [0.15, 0.2) is 23.7 Å². The molecule has 3 heterocycles. The lowest BCUT2D eigenvalue weighted by atomic mass is 10.1. The number of hydrogen-bond acceptors (Lipinski definition) is 7. The van der Waals surface area contributed by atoms with Crippen molar-refractivity contribution in [3.8, 4) is 11.5 Å². The fraction of sp³-hybridized carbons (Fsp3) is 0.571. The van der Waals surface area contributed by atoms with Crippen LogP contribution >= 0.6 is 11.8 Å². The highest BCUT2D eigenvalue weighted by Gasteiger charge is 2.16. The number of H-pyrrole nitrogens is 1. The Bertz CT molecular complexity index is 572. The summed E-state index contributed by atoms with van der Waals surface area (Å²) < 4.78 is 0. The summed E-state index contributed by atoms with van der Waals surface area (Å²) in [6, 6.07) is 0. The molecule has 2 aromatic heterocycles. The molecule has 0 bridgehead atoms. The van der Waals surface area contributed by atoms with Gasteiger partial charge < -0.3 is 10.0 Å². The molecule has 118 valence electrons. The average Bonchev–Trinajstić information content (AvgIpc) is 3.04. The number of nitrogens with zero attached hydrogens (tertiary/aromatic N) is 5. The molecule has 0 spiro atoms. The van der Waals surface area contributed by atoms with E-state index in [0.717, 1.165) is 19.6 Å². The van der Waals surface area contributed by atoms with Gasteiger partial charge in [-0.3, -0.25) is 10.1 Å². The Labute approximate surface area is 133 Å². The van der Waals surface area contributed by atoms with Crippen LogP contribution in [0, 0.1) is 0 Å². The lowest BCUT2D eigenvalue weighted by molar-refractivity contribution is 0.117. The van der Waals surface area contributed by atoms with Gasteiger partial charge in [0.2, 0.25) is 5.16 Å². The summed E-state index contributed by atoms with van der Waals surface area (Å²) in [6.45, 7) is 2.92. The molecule has 2 N–H and O–H groups in total. The standard InChI is InChI=1S/C14H20N6OS/c21-11(9-20-6-2-1-3-7-20)10-22-14-17-13(18-19-14)12-8-15-4-5-16-12/h4-5,8,11,21H,1-3,6-7,9-10H2,(H,17,18,19). The number of β-amino-alcohol motifs (C(OH)–C–C–N with tert-alkyl or cyclic N) is 1.